The number of methoxy groups -OCH3 is 1. The molecule has 2 aromatic carbocycles. The van der Waals surface area contributed by atoms with E-state index >= 15 is 0 Å². The first-order chi connectivity index (χ1) is 13.6. The second kappa shape index (κ2) is 6.98. The van der Waals surface area contributed by atoms with E-state index in [0.717, 1.165) is 59.6 Å². The highest BCUT2D eigenvalue weighted by atomic mass is 16.6. The molecule has 2 aliphatic heterocycles. The Bertz CT molecular complexity index is 954. The zero-order chi connectivity index (χ0) is 19.3. The molecule has 5 rings (SSSR count). The van der Waals surface area contributed by atoms with Gasteiger partial charge in [0.05, 0.1) is 20.3 Å². The number of hydrogen-bond donors (Lipinski definition) is 0. The molecule has 0 aromatic heterocycles. The van der Waals surface area contributed by atoms with Crippen molar-refractivity contribution in [3.05, 3.63) is 40.5 Å². The topological polar surface area (TPSA) is 52.8 Å². The predicted molar refractivity (Wildman–Crippen MR) is 107 cm³/mol. The van der Waals surface area contributed by atoms with Crippen LogP contribution < -0.4 is 14.2 Å². The second-order valence-corrected chi connectivity index (χ2v) is 7.95. The highest BCUT2D eigenvalue weighted by Crippen LogP contribution is 2.47. The van der Waals surface area contributed by atoms with Crippen molar-refractivity contribution in [1.29, 1.82) is 0 Å². The summed E-state index contributed by atoms with van der Waals surface area (Å²) in [7, 11) is 1.70. The van der Waals surface area contributed by atoms with Crippen LogP contribution in [-0.4, -0.2) is 45.7 Å². The Hall–Kier alpha value is -2.24. The van der Waals surface area contributed by atoms with E-state index in [4.69, 9.17) is 23.7 Å². The molecule has 2 unspecified atom stereocenters. The Kier molecular flexibility index (Phi) is 4.44. The van der Waals surface area contributed by atoms with Gasteiger partial charge in [0.2, 0.25) is 0 Å². The Morgan fingerprint density at radius 2 is 1.64 bits per heavy atom. The molecule has 0 amide bonds. The normalized spacial score (nSPS) is 22.5. The number of ether oxygens (including phenoxy) is 5. The van der Waals surface area contributed by atoms with Gasteiger partial charge in [-0.3, -0.25) is 0 Å². The van der Waals surface area contributed by atoms with Crippen molar-refractivity contribution < 1.29 is 23.7 Å². The number of epoxide rings is 2. The highest BCUT2D eigenvalue weighted by molar-refractivity contribution is 5.99. The maximum Gasteiger partial charge on any atom is 0.131 e. The summed E-state index contributed by atoms with van der Waals surface area (Å²) in [4.78, 5) is 0. The lowest BCUT2D eigenvalue weighted by molar-refractivity contribution is 0.258. The van der Waals surface area contributed by atoms with Crippen LogP contribution in [0.5, 0.6) is 17.2 Å². The van der Waals surface area contributed by atoms with E-state index in [-0.39, 0.29) is 12.2 Å². The summed E-state index contributed by atoms with van der Waals surface area (Å²) in [6, 6.07) is 4.13. The Balaban J connectivity index is 1.71. The number of benzene rings is 2. The largest absolute Gasteiger partial charge is 0.497 e. The molecule has 5 heteroatoms. The van der Waals surface area contributed by atoms with Gasteiger partial charge in [0.15, 0.2) is 0 Å². The third kappa shape index (κ3) is 3.33. The van der Waals surface area contributed by atoms with Gasteiger partial charge < -0.3 is 23.7 Å². The fraction of sp³-hybridized carbons (Fsp3) is 0.478. The van der Waals surface area contributed by atoms with Crippen LogP contribution in [0.1, 0.15) is 23.6 Å². The van der Waals surface area contributed by atoms with Crippen molar-refractivity contribution in [2.45, 2.75) is 38.9 Å². The van der Waals surface area contributed by atoms with Gasteiger partial charge in [-0.1, -0.05) is 11.6 Å². The molecule has 0 N–H and O–H groups in total. The van der Waals surface area contributed by atoms with E-state index < -0.39 is 0 Å². The van der Waals surface area contributed by atoms with Gasteiger partial charge in [0.1, 0.15) is 42.7 Å². The smallest absolute Gasteiger partial charge is 0.131 e. The fourth-order valence-corrected chi connectivity index (χ4v) is 3.98. The molecule has 0 spiro atoms. The van der Waals surface area contributed by atoms with Crippen molar-refractivity contribution in [2.24, 2.45) is 0 Å². The lowest BCUT2D eigenvalue weighted by atomic mass is 9.86. The van der Waals surface area contributed by atoms with Crippen LogP contribution in [0.4, 0.5) is 0 Å². The molecule has 2 atom stereocenters. The van der Waals surface area contributed by atoms with Crippen LogP contribution in [0.3, 0.4) is 0 Å². The van der Waals surface area contributed by atoms with Crippen molar-refractivity contribution in [1.82, 2.24) is 0 Å². The van der Waals surface area contributed by atoms with E-state index in [0.29, 0.717) is 13.2 Å². The molecule has 28 heavy (non-hydrogen) atoms. The maximum absolute atomic E-state index is 6.36. The standard InChI is InChI=1S/C23H26O5/c1-13-4-5-18-19(6-13)23(28-12-17-10-26-17)21-14(2)7-15(24-3)8-20(21)22(18)27-11-16-9-25-16/h4,7-8,16-17H,5-6,9-12H2,1-3H3. The summed E-state index contributed by atoms with van der Waals surface area (Å²) in [6.45, 7) is 7.03. The maximum atomic E-state index is 6.36. The third-order valence-electron chi connectivity index (χ3n) is 5.67. The minimum absolute atomic E-state index is 0.209. The average molecular weight is 382 g/mol. The van der Waals surface area contributed by atoms with Crippen LogP contribution in [-0.2, 0) is 22.3 Å². The molecule has 0 bridgehead atoms. The molecule has 2 aromatic rings. The van der Waals surface area contributed by atoms with E-state index in [1.54, 1.807) is 7.11 Å². The molecule has 2 saturated heterocycles. The summed E-state index contributed by atoms with van der Waals surface area (Å²) >= 11 is 0. The summed E-state index contributed by atoms with van der Waals surface area (Å²) in [5, 5.41) is 2.16. The number of rotatable bonds is 7. The first kappa shape index (κ1) is 17.8. The van der Waals surface area contributed by atoms with Crippen LogP contribution in [0.15, 0.2) is 23.8 Å². The van der Waals surface area contributed by atoms with E-state index in [2.05, 4.69) is 32.1 Å². The van der Waals surface area contributed by atoms with Crippen LogP contribution in [0, 0.1) is 6.92 Å². The van der Waals surface area contributed by atoms with Gasteiger partial charge in [0, 0.05) is 21.9 Å². The van der Waals surface area contributed by atoms with Crippen molar-refractivity contribution in [3.63, 3.8) is 0 Å². The van der Waals surface area contributed by atoms with Crippen LogP contribution >= 0.6 is 0 Å². The molecule has 1 aliphatic carbocycles. The van der Waals surface area contributed by atoms with E-state index in [1.165, 1.54) is 16.7 Å². The van der Waals surface area contributed by atoms with Crippen molar-refractivity contribution in [3.8, 4) is 17.2 Å². The monoisotopic (exact) mass is 382 g/mol. The predicted octanol–water partition coefficient (Wildman–Crippen LogP) is 3.76. The Morgan fingerprint density at radius 3 is 2.29 bits per heavy atom. The number of allylic oxidation sites excluding steroid dienone is 2. The van der Waals surface area contributed by atoms with Gasteiger partial charge >= 0.3 is 0 Å². The van der Waals surface area contributed by atoms with Crippen LogP contribution in [0.2, 0.25) is 0 Å². The first-order valence-corrected chi connectivity index (χ1v) is 9.94. The minimum Gasteiger partial charge on any atom is -0.497 e. The lowest BCUT2D eigenvalue weighted by Crippen LogP contribution is -2.14. The van der Waals surface area contributed by atoms with Gasteiger partial charge in [0.25, 0.3) is 0 Å². The third-order valence-corrected chi connectivity index (χ3v) is 5.67. The average Bonchev–Trinajstić information content (AvgIpc) is 3.59. The molecular weight excluding hydrogens is 356 g/mol. The van der Waals surface area contributed by atoms with Gasteiger partial charge in [-0.25, -0.2) is 0 Å². The summed E-state index contributed by atoms with van der Waals surface area (Å²) in [5.74, 6) is 2.75. The lowest BCUT2D eigenvalue weighted by Gasteiger charge is -2.26. The molecule has 148 valence electrons. The molecule has 0 saturated carbocycles. The summed E-state index contributed by atoms with van der Waals surface area (Å²) < 4.78 is 29.0. The quantitative estimate of drug-likeness (QED) is 0.539. The van der Waals surface area contributed by atoms with Gasteiger partial charge in [-0.15, -0.1) is 0 Å². The zero-order valence-electron chi connectivity index (χ0n) is 16.7. The van der Waals surface area contributed by atoms with Gasteiger partial charge in [-0.2, -0.15) is 0 Å². The fourth-order valence-electron chi connectivity index (χ4n) is 3.98. The molecule has 0 radical (unpaired) electrons. The highest BCUT2D eigenvalue weighted by Gasteiger charge is 2.30. The van der Waals surface area contributed by atoms with Gasteiger partial charge in [-0.05, 0) is 44.4 Å². The van der Waals surface area contributed by atoms with Crippen LogP contribution in [0.25, 0.3) is 10.8 Å². The first-order valence-electron chi connectivity index (χ1n) is 9.94. The molecule has 3 aliphatic rings. The minimum atomic E-state index is 0.209. The molecule has 2 heterocycles. The molecule has 5 nitrogen and oxygen atoms in total. The summed E-state index contributed by atoms with van der Waals surface area (Å²) in [5.41, 5.74) is 4.96. The number of aryl methyl sites for hydroxylation is 1. The second-order valence-electron chi connectivity index (χ2n) is 7.95. The van der Waals surface area contributed by atoms with Crippen molar-refractivity contribution in [2.75, 3.05) is 33.5 Å². The van der Waals surface area contributed by atoms with E-state index in [9.17, 15) is 0 Å². The Morgan fingerprint density at radius 1 is 0.964 bits per heavy atom. The SMILES string of the molecule is COc1cc(C)c2c(OCC3CO3)c3c(c(OCC4CO4)c2c1)CC=C(C)C3. The summed E-state index contributed by atoms with van der Waals surface area (Å²) in [6.07, 6.45) is 4.45. The van der Waals surface area contributed by atoms with E-state index in [1.807, 2.05) is 0 Å². The molecular formula is C23H26O5. The number of fused-ring (bicyclic) bond motifs is 2. The Labute approximate surface area is 165 Å². The molecule has 2 fully saturated rings. The number of hydrogen-bond acceptors (Lipinski definition) is 5. The van der Waals surface area contributed by atoms with Crippen molar-refractivity contribution >= 4 is 10.8 Å². The zero-order valence-corrected chi connectivity index (χ0v) is 16.7.